The number of nitrogens with zero attached hydrogens (tertiary/aromatic N) is 3. The fraction of sp³-hybridized carbons (Fsp3) is 0.667. The van der Waals surface area contributed by atoms with Gasteiger partial charge in [-0.15, -0.1) is 0 Å². The number of piperidine rings is 1. The van der Waals surface area contributed by atoms with Crippen molar-refractivity contribution < 1.29 is 20.1 Å². The van der Waals surface area contributed by atoms with E-state index in [1.807, 2.05) is 11.8 Å². The number of carbonyl (C=O) groups is 1. The molecule has 0 saturated carbocycles. The molecule has 0 bridgehead atoms. The molecule has 1 fully saturated rings. The maximum atomic E-state index is 11.8. The van der Waals surface area contributed by atoms with Gasteiger partial charge in [0.05, 0.1) is 12.7 Å². The first-order valence-corrected chi connectivity index (χ1v) is 7.86. The molecule has 8 heteroatoms. The third-order valence-corrected chi connectivity index (χ3v) is 4.30. The molecule has 1 saturated heterocycles. The third kappa shape index (κ3) is 3.70. The standard InChI is InChI=1S/C15H24N4O4/c1-2-4-15(14(22)23)9-19(6-3-11(15)21)13-8-12(16-5-7-20)17-10-18-13/h8,10-11,20-21H,2-7,9H2,1H3,(H,22,23)(H,16,17,18)/t11-,15+/m0/s1. The number of aromatic nitrogens is 2. The molecule has 1 aliphatic rings. The third-order valence-electron chi connectivity index (χ3n) is 4.30. The lowest BCUT2D eigenvalue weighted by Gasteiger charge is -2.43. The van der Waals surface area contributed by atoms with Crippen LogP contribution in [0.25, 0.3) is 0 Å². The Morgan fingerprint density at radius 2 is 2.30 bits per heavy atom. The van der Waals surface area contributed by atoms with Crippen LogP contribution in [-0.2, 0) is 4.79 Å². The van der Waals surface area contributed by atoms with Gasteiger partial charge in [0.15, 0.2) is 0 Å². The summed E-state index contributed by atoms with van der Waals surface area (Å²) >= 11 is 0. The first kappa shape index (κ1) is 17.4. The Bertz CT molecular complexity index is 542. The lowest BCUT2D eigenvalue weighted by atomic mass is 9.74. The molecule has 1 aliphatic heterocycles. The van der Waals surface area contributed by atoms with Crippen molar-refractivity contribution in [3.05, 3.63) is 12.4 Å². The highest BCUT2D eigenvalue weighted by Gasteiger charge is 2.48. The molecule has 0 aromatic carbocycles. The lowest BCUT2D eigenvalue weighted by molar-refractivity contribution is -0.158. The molecule has 1 aromatic heterocycles. The normalized spacial score (nSPS) is 24.5. The predicted octanol–water partition coefficient (Wildman–Crippen LogP) is 0.323. The maximum Gasteiger partial charge on any atom is 0.314 e. The van der Waals surface area contributed by atoms with Gasteiger partial charge >= 0.3 is 5.97 Å². The summed E-state index contributed by atoms with van der Waals surface area (Å²) in [5.74, 6) is 0.227. The molecule has 23 heavy (non-hydrogen) atoms. The number of carboxylic acids is 1. The monoisotopic (exact) mass is 324 g/mol. The van der Waals surface area contributed by atoms with E-state index >= 15 is 0 Å². The van der Waals surface area contributed by atoms with Crippen LogP contribution < -0.4 is 10.2 Å². The van der Waals surface area contributed by atoms with E-state index in [1.54, 1.807) is 6.07 Å². The van der Waals surface area contributed by atoms with Crippen LogP contribution >= 0.6 is 0 Å². The minimum Gasteiger partial charge on any atom is -0.481 e. The molecule has 8 nitrogen and oxygen atoms in total. The summed E-state index contributed by atoms with van der Waals surface area (Å²) in [6.45, 7) is 3.04. The largest absolute Gasteiger partial charge is 0.481 e. The summed E-state index contributed by atoms with van der Waals surface area (Å²) < 4.78 is 0. The van der Waals surface area contributed by atoms with Gasteiger partial charge in [-0.05, 0) is 12.8 Å². The Labute approximate surface area is 135 Å². The van der Waals surface area contributed by atoms with Gasteiger partial charge < -0.3 is 25.5 Å². The van der Waals surface area contributed by atoms with E-state index in [4.69, 9.17) is 5.11 Å². The number of aliphatic hydroxyl groups is 2. The highest BCUT2D eigenvalue weighted by atomic mass is 16.4. The molecule has 0 radical (unpaired) electrons. The van der Waals surface area contributed by atoms with E-state index in [1.165, 1.54) is 6.33 Å². The topological polar surface area (TPSA) is 119 Å². The van der Waals surface area contributed by atoms with Gasteiger partial charge in [-0.2, -0.15) is 0 Å². The summed E-state index contributed by atoms with van der Waals surface area (Å²) in [5, 5.41) is 31.8. The van der Waals surface area contributed by atoms with E-state index in [0.29, 0.717) is 44.0 Å². The zero-order valence-electron chi connectivity index (χ0n) is 13.3. The van der Waals surface area contributed by atoms with Gasteiger partial charge in [0.25, 0.3) is 0 Å². The van der Waals surface area contributed by atoms with Gasteiger partial charge in [-0.3, -0.25) is 4.79 Å². The quantitative estimate of drug-likeness (QED) is 0.566. The summed E-state index contributed by atoms with van der Waals surface area (Å²) in [4.78, 5) is 22.0. The van der Waals surface area contributed by atoms with Crippen LogP contribution in [0.15, 0.2) is 12.4 Å². The number of nitrogens with one attached hydrogen (secondary N) is 1. The van der Waals surface area contributed by atoms with Crippen molar-refractivity contribution in [1.29, 1.82) is 0 Å². The average molecular weight is 324 g/mol. The fourth-order valence-corrected chi connectivity index (χ4v) is 3.08. The summed E-state index contributed by atoms with van der Waals surface area (Å²) in [6, 6.07) is 1.73. The van der Waals surface area contributed by atoms with Crippen LogP contribution in [0.1, 0.15) is 26.2 Å². The van der Waals surface area contributed by atoms with Crippen LogP contribution in [0.2, 0.25) is 0 Å². The second-order valence-electron chi connectivity index (χ2n) is 5.85. The Kier molecular flexibility index (Phi) is 5.73. The second kappa shape index (κ2) is 7.56. The number of anilines is 2. The van der Waals surface area contributed by atoms with Gasteiger partial charge in [0.2, 0.25) is 0 Å². The predicted molar refractivity (Wildman–Crippen MR) is 85.4 cm³/mol. The van der Waals surface area contributed by atoms with Crippen molar-refractivity contribution in [3.8, 4) is 0 Å². The number of aliphatic hydroxyl groups excluding tert-OH is 2. The smallest absolute Gasteiger partial charge is 0.314 e. The Morgan fingerprint density at radius 1 is 1.52 bits per heavy atom. The average Bonchev–Trinajstić information content (AvgIpc) is 2.55. The zero-order valence-corrected chi connectivity index (χ0v) is 13.3. The Hall–Kier alpha value is -1.93. The van der Waals surface area contributed by atoms with Crippen molar-refractivity contribution in [2.24, 2.45) is 5.41 Å². The van der Waals surface area contributed by atoms with E-state index in [9.17, 15) is 15.0 Å². The second-order valence-corrected chi connectivity index (χ2v) is 5.85. The number of carboxylic acid groups (broad SMARTS) is 1. The molecule has 1 aromatic rings. The van der Waals surface area contributed by atoms with Gasteiger partial charge in [-0.1, -0.05) is 13.3 Å². The molecule has 0 amide bonds. The van der Waals surface area contributed by atoms with Crippen LogP contribution in [0.3, 0.4) is 0 Å². The maximum absolute atomic E-state index is 11.8. The van der Waals surface area contributed by atoms with E-state index in [0.717, 1.165) is 0 Å². The van der Waals surface area contributed by atoms with Crippen molar-refractivity contribution in [1.82, 2.24) is 9.97 Å². The number of hydrogen-bond acceptors (Lipinski definition) is 7. The van der Waals surface area contributed by atoms with Crippen LogP contribution in [0.4, 0.5) is 11.6 Å². The molecular formula is C15H24N4O4. The van der Waals surface area contributed by atoms with Crippen molar-refractivity contribution >= 4 is 17.6 Å². The fourth-order valence-electron chi connectivity index (χ4n) is 3.08. The minimum absolute atomic E-state index is 0.00608. The van der Waals surface area contributed by atoms with Crippen molar-refractivity contribution in [3.63, 3.8) is 0 Å². The SMILES string of the molecule is CCC[C@@]1(C(=O)O)CN(c2cc(NCCO)ncn2)CC[C@@H]1O. The Morgan fingerprint density at radius 3 is 2.96 bits per heavy atom. The molecule has 128 valence electrons. The highest BCUT2D eigenvalue weighted by molar-refractivity contribution is 5.77. The highest BCUT2D eigenvalue weighted by Crippen LogP contribution is 2.37. The molecule has 2 atom stereocenters. The van der Waals surface area contributed by atoms with E-state index in [-0.39, 0.29) is 13.2 Å². The number of rotatable bonds is 7. The first-order chi connectivity index (χ1) is 11.0. The molecule has 2 rings (SSSR count). The van der Waals surface area contributed by atoms with Gasteiger partial charge in [0, 0.05) is 25.7 Å². The lowest BCUT2D eigenvalue weighted by Crippen LogP contribution is -2.56. The van der Waals surface area contributed by atoms with Crippen LogP contribution in [0.5, 0.6) is 0 Å². The Balaban J connectivity index is 2.22. The summed E-state index contributed by atoms with van der Waals surface area (Å²) in [5.41, 5.74) is -1.17. The zero-order chi connectivity index (χ0) is 16.9. The summed E-state index contributed by atoms with van der Waals surface area (Å²) in [6.07, 6.45) is 2.04. The number of hydrogen-bond donors (Lipinski definition) is 4. The molecule has 0 aliphatic carbocycles. The molecule has 0 spiro atoms. The molecular weight excluding hydrogens is 300 g/mol. The van der Waals surface area contributed by atoms with Gasteiger partial charge in [0.1, 0.15) is 23.4 Å². The van der Waals surface area contributed by atoms with Crippen LogP contribution in [-0.4, -0.2) is 63.6 Å². The number of aliphatic carboxylic acids is 1. The summed E-state index contributed by atoms with van der Waals surface area (Å²) in [7, 11) is 0. The van der Waals surface area contributed by atoms with E-state index in [2.05, 4.69) is 15.3 Å². The molecule has 2 heterocycles. The molecule has 0 unspecified atom stereocenters. The van der Waals surface area contributed by atoms with Crippen molar-refractivity contribution in [2.75, 3.05) is 36.5 Å². The van der Waals surface area contributed by atoms with Gasteiger partial charge in [-0.25, -0.2) is 9.97 Å². The minimum atomic E-state index is -1.17. The van der Waals surface area contributed by atoms with Crippen molar-refractivity contribution in [2.45, 2.75) is 32.3 Å². The van der Waals surface area contributed by atoms with Crippen LogP contribution in [0, 0.1) is 5.41 Å². The first-order valence-electron chi connectivity index (χ1n) is 7.86. The molecule has 4 N–H and O–H groups in total. The van der Waals surface area contributed by atoms with E-state index < -0.39 is 17.5 Å².